The van der Waals surface area contributed by atoms with E-state index in [-0.39, 0.29) is 29.8 Å². The van der Waals surface area contributed by atoms with Crippen LogP contribution in [-0.2, 0) is 14.8 Å². The molecule has 1 heterocycles. The number of furan rings is 1. The SMILES string of the molecule is CCOC(=O)c1oc2ccc(S(=O)(=O)NCC(N)C3CC3)cc2c1C. The fourth-order valence-corrected chi connectivity index (χ4v) is 3.84. The standard InChI is InChI=1S/C17H22N2O5S/c1-3-23-17(20)16-10(2)13-8-12(6-7-15(13)24-16)25(21,22)19-9-14(18)11-4-5-11/h6-8,11,14,19H,3-5,9,18H2,1-2H3. The van der Waals surface area contributed by atoms with Crippen LogP contribution in [0.1, 0.15) is 35.9 Å². The molecule has 0 amide bonds. The lowest BCUT2D eigenvalue weighted by molar-refractivity contribution is 0.0491. The van der Waals surface area contributed by atoms with E-state index in [1.165, 1.54) is 12.1 Å². The number of carbonyl (C=O) groups is 1. The summed E-state index contributed by atoms with van der Waals surface area (Å²) in [5.41, 5.74) is 6.95. The highest BCUT2D eigenvalue weighted by atomic mass is 32.2. The van der Waals surface area contributed by atoms with Crippen LogP contribution >= 0.6 is 0 Å². The third-order valence-electron chi connectivity index (χ3n) is 4.42. The van der Waals surface area contributed by atoms with Crippen molar-refractivity contribution in [3.05, 3.63) is 29.5 Å². The van der Waals surface area contributed by atoms with Crippen LogP contribution in [0.2, 0.25) is 0 Å². The van der Waals surface area contributed by atoms with Crippen molar-refractivity contribution < 1.29 is 22.4 Å². The van der Waals surface area contributed by atoms with Gasteiger partial charge in [-0.2, -0.15) is 0 Å². The predicted octanol–water partition coefficient (Wildman–Crippen LogP) is 1.93. The fraction of sp³-hybridized carbons (Fsp3) is 0.471. The molecule has 0 saturated heterocycles. The van der Waals surface area contributed by atoms with E-state index in [0.29, 0.717) is 22.5 Å². The molecule has 3 N–H and O–H groups in total. The van der Waals surface area contributed by atoms with Gasteiger partial charge in [0.15, 0.2) is 0 Å². The minimum absolute atomic E-state index is 0.0927. The molecule has 1 aromatic heterocycles. The van der Waals surface area contributed by atoms with Crippen molar-refractivity contribution in [1.82, 2.24) is 4.72 Å². The molecule has 1 aliphatic carbocycles. The lowest BCUT2D eigenvalue weighted by atomic mass is 10.1. The quantitative estimate of drug-likeness (QED) is 0.724. The third-order valence-corrected chi connectivity index (χ3v) is 5.84. The fourth-order valence-electron chi connectivity index (χ4n) is 2.74. The van der Waals surface area contributed by atoms with Crippen LogP contribution in [0.15, 0.2) is 27.5 Å². The van der Waals surface area contributed by atoms with Gasteiger partial charge in [0.1, 0.15) is 5.58 Å². The largest absolute Gasteiger partial charge is 0.460 e. The zero-order valence-electron chi connectivity index (χ0n) is 14.2. The van der Waals surface area contributed by atoms with Gasteiger partial charge in [-0.3, -0.25) is 0 Å². The monoisotopic (exact) mass is 366 g/mol. The topological polar surface area (TPSA) is 112 Å². The maximum Gasteiger partial charge on any atom is 0.374 e. The molecule has 1 atom stereocenters. The second-order valence-corrected chi connectivity index (χ2v) is 8.05. The number of hydrogen-bond acceptors (Lipinski definition) is 6. The van der Waals surface area contributed by atoms with E-state index >= 15 is 0 Å². The summed E-state index contributed by atoms with van der Waals surface area (Å²) >= 11 is 0. The van der Waals surface area contributed by atoms with Crippen LogP contribution in [-0.4, -0.2) is 33.6 Å². The molecule has 136 valence electrons. The predicted molar refractivity (Wildman–Crippen MR) is 92.8 cm³/mol. The number of hydrogen-bond donors (Lipinski definition) is 2. The van der Waals surface area contributed by atoms with Gasteiger partial charge in [0.25, 0.3) is 0 Å². The first-order chi connectivity index (χ1) is 11.8. The first-order valence-corrected chi connectivity index (χ1v) is 9.77. The first-order valence-electron chi connectivity index (χ1n) is 8.29. The first kappa shape index (κ1) is 17.9. The lowest BCUT2D eigenvalue weighted by Crippen LogP contribution is -2.38. The molecular formula is C17H22N2O5S. The van der Waals surface area contributed by atoms with Gasteiger partial charge >= 0.3 is 5.97 Å². The summed E-state index contributed by atoms with van der Waals surface area (Å²) in [4.78, 5) is 12.0. The van der Waals surface area contributed by atoms with Gasteiger partial charge in [0.05, 0.1) is 11.5 Å². The molecule has 2 aromatic rings. The Kier molecular flexibility index (Phi) is 4.86. The molecule has 0 bridgehead atoms. The number of ether oxygens (including phenoxy) is 1. The van der Waals surface area contributed by atoms with Crippen LogP contribution < -0.4 is 10.5 Å². The Bertz CT molecular complexity index is 899. The van der Waals surface area contributed by atoms with Gasteiger partial charge in [-0.05, 0) is 50.8 Å². The molecule has 1 aliphatic rings. The molecule has 25 heavy (non-hydrogen) atoms. The number of nitrogens with two attached hydrogens (primary N) is 1. The Labute approximate surface area is 146 Å². The Morgan fingerprint density at radius 3 is 2.80 bits per heavy atom. The highest BCUT2D eigenvalue weighted by molar-refractivity contribution is 7.89. The molecule has 1 saturated carbocycles. The number of sulfonamides is 1. The van der Waals surface area contributed by atoms with Gasteiger partial charge in [0, 0.05) is 23.5 Å². The van der Waals surface area contributed by atoms with Crippen molar-refractivity contribution in [2.24, 2.45) is 11.7 Å². The number of carbonyl (C=O) groups excluding carboxylic acids is 1. The second kappa shape index (κ2) is 6.78. The highest BCUT2D eigenvalue weighted by Gasteiger charge is 2.29. The number of benzene rings is 1. The molecule has 3 rings (SSSR count). The summed E-state index contributed by atoms with van der Waals surface area (Å²) in [5, 5.41) is 0.567. The zero-order valence-corrected chi connectivity index (χ0v) is 15.1. The zero-order chi connectivity index (χ0) is 18.2. The lowest BCUT2D eigenvalue weighted by Gasteiger charge is -2.12. The highest BCUT2D eigenvalue weighted by Crippen LogP contribution is 2.31. The number of fused-ring (bicyclic) bond motifs is 1. The molecule has 1 aromatic carbocycles. The van der Waals surface area contributed by atoms with E-state index in [2.05, 4.69) is 4.72 Å². The second-order valence-electron chi connectivity index (χ2n) is 6.29. The van der Waals surface area contributed by atoms with E-state index < -0.39 is 16.0 Å². The van der Waals surface area contributed by atoms with E-state index in [0.717, 1.165) is 12.8 Å². The minimum Gasteiger partial charge on any atom is -0.460 e. The summed E-state index contributed by atoms with van der Waals surface area (Å²) in [6.45, 7) is 3.85. The van der Waals surface area contributed by atoms with Gasteiger partial charge in [-0.25, -0.2) is 17.9 Å². The average Bonchev–Trinajstić information content (AvgIpc) is 3.37. The van der Waals surface area contributed by atoms with Crippen molar-refractivity contribution in [3.63, 3.8) is 0 Å². The van der Waals surface area contributed by atoms with Crippen LogP contribution in [0.25, 0.3) is 11.0 Å². The normalized spacial score (nSPS) is 16.1. The smallest absolute Gasteiger partial charge is 0.374 e. The molecule has 0 spiro atoms. The van der Waals surface area contributed by atoms with Crippen molar-refractivity contribution in [2.75, 3.05) is 13.2 Å². The molecule has 8 heteroatoms. The van der Waals surface area contributed by atoms with Gasteiger partial charge < -0.3 is 14.9 Å². The maximum absolute atomic E-state index is 12.5. The van der Waals surface area contributed by atoms with Crippen LogP contribution in [0, 0.1) is 12.8 Å². The Morgan fingerprint density at radius 2 is 2.16 bits per heavy atom. The van der Waals surface area contributed by atoms with Crippen molar-refractivity contribution in [2.45, 2.75) is 37.6 Å². The number of esters is 1. The van der Waals surface area contributed by atoms with E-state index in [9.17, 15) is 13.2 Å². The van der Waals surface area contributed by atoms with Crippen molar-refractivity contribution in [3.8, 4) is 0 Å². The summed E-state index contributed by atoms with van der Waals surface area (Å²) in [6.07, 6.45) is 2.11. The Balaban J connectivity index is 1.86. The number of nitrogens with one attached hydrogen (secondary N) is 1. The molecule has 0 radical (unpaired) electrons. The number of aryl methyl sites for hydroxylation is 1. The number of rotatable bonds is 7. The summed E-state index contributed by atoms with van der Waals surface area (Å²) in [7, 11) is -3.68. The van der Waals surface area contributed by atoms with Gasteiger partial charge in [-0.1, -0.05) is 0 Å². The summed E-state index contributed by atoms with van der Waals surface area (Å²) in [6, 6.07) is 4.33. The van der Waals surface area contributed by atoms with E-state index in [1.807, 2.05) is 0 Å². The molecular weight excluding hydrogens is 344 g/mol. The third kappa shape index (κ3) is 3.70. The van der Waals surface area contributed by atoms with Gasteiger partial charge in [0.2, 0.25) is 15.8 Å². The maximum atomic E-state index is 12.5. The van der Waals surface area contributed by atoms with Gasteiger partial charge in [-0.15, -0.1) is 0 Å². The molecule has 1 fully saturated rings. The van der Waals surface area contributed by atoms with Crippen LogP contribution in [0.5, 0.6) is 0 Å². The minimum atomic E-state index is -3.68. The van der Waals surface area contributed by atoms with E-state index in [1.54, 1.807) is 19.9 Å². The molecule has 0 aliphatic heterocycles. The van der Waals surface area contributed by atoms with Crippen molar-refractivity contribution in [1.29, 1.82) is 0 Å². The summed E-state index contributed by atoms with van der Waals surface area (Å²) < 4.78 is 38.0. The van der Waals surface area contributed by atoms with Crippen LogP contribution in [0.3, 0.4) is 0 Å². The Hall–Kier alpha value is -1.90. The van der Waals surface area contributed by atoms with Crippen molar-refractivity contribution >= 4 is 27.0 Å². The molecule has 1 unspecified atom stereocenters. The van der Waals surface area contributed by atoms with E-state index in [4.69, 9.17) is 14.9 Å². The van der Waals surface area contributed by atoms with Crippen LogP contribution in [0.4, 0.5) is 0 Å². The summed E-state index contributed by atoms with van der Waals surface area (Å²) in [5.74, 6) is -0.0577. The average molecular weight is 366 g/mol. The Morgan fingerprint density at radius 1 is 1.44 bits per heavy atom. The molecule has 7 nitrogen and oxygen atoms in total.